The zero-order valence-electron chi connectivity index (χ0n) is 33.0. The van der Waals surface area contributed by atoms with E-state index in [1.807, 2.05) is 0 Å². The predicted molar refractivity (Wildman–Crippen MR) is 220 cm³/mol. The molecule has 10 N–H and O–H groups in total. The molecule has 0 aliphatic carbocycles. The molecule has 22 heteroatoms. The number of nitrogens with one attached hydrogen (secondary N) is 7. The highest BCUT2D eigenvalue weighted by Gasteiger charge is 2.27. The summed E-state index contributed by atoms with van der Waals surface area (Å²) in [5.41, 5.74) is 14.7. The van der Waals surface area contributed by atoms with Crippen molar-refractivity contribution >= 4 is 74.7 Å². The van der Waals surface area contributed by atoms with Gasteiger partial charge in [0.25, 0.3) is 23.7 Å². The Hall–Kier alpha value is -8.56. The molecule has 3 aromatic carbocycles. The third kappa shape index (κ3) is 8.25. The third-order valence-electron chi connectivity index (χ3n) is 9.39. The van der Waals surface area contributed by atoms with Crippen molar-refractivity contribution in [2.45, 2.75) is 26.6 Å². The van der Waals surface area contributed by atoms with Gasteiger partial charge in [-0.25, -0.2) is 29.9 Å². The Morgan fingerprint density at radius 1 is 0.607 bits per heavy atom. The number of fused-ring (bicyclic) bond motifs is 5. The first kappa shape index (κ1) is 40.6. The van der Waals surface area contributed by atoms with E-state index in [4.69, 9.17) is 29.8 Å². The molecule has 0 bridgehead atoms. The van der Waals surface area contributed by atoms with Gasteiger partial charge in [-0.05, 0) is 36.4 Å². The van der Waals surface area contributed by atoms with Crippen molar-refractivity contribution in [3.8, 4) is 17.2 Å². The number of nitrogens with zero attached hydrogens (tertiary/aromatic N) is 6. The topological polar surface area (TPSA) is 311 Å². The molecule has 312 valence electrons. The number of nitrogen functional groups attached to an aromatic ring is 1. The first-order valence-electron chi connectivity index (χ1n) is 18.2. The van der Waals surface area contributed by atoms with Crippen LogP contribution in [-0.2, 0) is 24.4 Å². The van der Waals surface area contributed by atoms with Gasteiger partial charge in [-0.3, -0.25) is 19.2 Å². The molecule has 7 aromatic rings. The fourth-order valence-corrected chi connectivity index (χ4v) is 6.74. The summed E-state index contributed by atoms with van der Waals surface area (Å²) >= 11 is 0. The van der Waals surface area contributed by atoms with Crippen LogP contribution in [0.2, 0.25) is 0 Å². The van der Waals surface area contributed by atoms with Crippen LogP contribution in [0.5, 0.6) is 17.2 Å². The molecule has 0 spiro atoms. The SMILES string of the molecule is CC(=O)O.COc1c(N)ccc2c1CNC2=O.COc1c(Nc2ncnc3nc[nH]c23)ccc2c1CNC2=O.COc1c(Nc2ncnc3nc[nH]c23)ccc2c1CNC2=O. The van der Waals surface area contributed by atoms with Gasteiger partial charge >= 0.3 is 0 Å². The molecule has 4 aromatic heterocycles. The average molecular weight is 831 g/mol. The van der Waals surface area contributed by atoms with Crippen molar-refractivity contribution in [1.29, 1.82) is 0 Å². The molecular formula is C39H38N14O8. The standard InChI is InChI=1S/2C14H12N6O2.C9H10N2O2.C2H4O2/c2*1-22-11-8-4-15-14(21)7(8)2-3-9(11)20-13-10-12(17-5-16-10)18-6-19-13;1-13-8-6-4-11-9(12)5(6)2-3-7(8)10;1-2(3)4/h2*2-3,5-6H,4H2,1H3,(H,15,21)(H2,16,17,18,19,20);2-3H,4,10H2,1H3,(H,11,12);1H3,(H,3,4). The molecular weight excluding hydrogens is 793 g/mol. The number of benzene rings is 3. The lowest BCUT2D eigenvalue weighted by Crippen LogP contribution is -2.12. The number of anilines is 5. The minimum Gasteiger partial charge on any atom is -0.494 e. The third-order valence-corrected chi connectivity index (χ3v) is 9.39. The number of H-pyrrole nitrogens is 2. The first-order valence-corrected chi connectivity index (χ1v) is 18.2. The maximum atomic E-state index is 11.7. The van der Waals surface area contributed by atoms with Crippen LogP contribution >= 0.6 is 0 Å². The van der Waals surface area contributed by atoms with Crippen molar-refractivity contribution in [3.05, 3.63) is 95.1 Å². The summed E-state index contributed by atoms with van der Waals surface area (Å²) in [5, 5.41) is 22.1. The van der Waals surface area contributed by atoms with E-state index in [1.165, 1.54) is 12.7 Å². The number of methoxy groups -OCH3 is 3. The Morgan fingerprint density at radius 2 is 0.984 bits per heavy atom. The van der Waals surface area contributed by atoms with E-state index < -0.39 is 5.97 Å². The number of carboxylic acids is 1. The van der Waals surface area contributed by atoms with E-state index in [9.17, 15) is 14.4 Å². The van der Waals surface area contributed by atoms with Crippen molar-refractivity contribution in [2.75, 3.05) is 37.7 Å². The Kier molecular flexibility index (Phi) is 11.7. The molecule has 0 radical (unpaired) electrons. The fourth-order valence-electron chi connectivity index (χ4n) is 6.74. The molecule has 10 rings (SSSR count). The number of hydrogen-bond donors (Lipinski definition) is 9. The summed E-state index contributed by atoms with van der Waals surface area (Å²) in [6, 6.07) is 10.5. The summed E-state index contributed by atoms with van der Waals surface area (Å²) < 4.78 is 16.1. The normalized spacial score (nSPS) is 12.8. The quantitative estimate of drug-likeness (QED) is 0.104. The fraction of sp³-hybridized carbons (Fsp3) is 0.179. The summed E-state index contributed by atoms with van der Waals surface area (Å²) in [5.74, 6) is 1.99. The zero-order valence-corrected chi connectivity index (χ0v) is 33.0. The average Bonchev–Trinajstić information content (AvgIpc) is 4.11. The molecule has 0 saturated heterocycles. The summed E-state index contributed by atoms with van der Waals surface area (Å²) in [6.45, 7) is 2.49. The van der Waals surface area contributed by atoms with Gasteiger partial charge in [0.05, 0.1) is 51.0 Å². The van der Waals surface area contributed by atoms with Crippen molar-refractivity contribution < 1.29 is 38.5 Å². The van der Waals surface area contributed by atoms with Crippen molar-refractivity contribution in [3.63, 3.8) is 0 Å². The highest BCUT2D eigenvalue weighted by atomic mass is 16.5. The maximum Gasteiger partial charge on any atom is 0.300 e. The number of amides is 3. The first-order chi connectivity index (χ1) is 29.5. The molecule has 0 unspecified atom stereocenters. The van der Waals surface area contributed by atoms with Crippen LogP contribution in [-0.4, -0.2) is 90.0 Å². The molecule has 61 heavy (non-hydrogen) atoms. The Bertz CT molecular complexity index is 2670. The van der Waals surface area contributed by atoms with Gasteiger partial charge in [-0.15, -0.1) is 0 Å². The summed E-state index contributed by atoms with van der Waals surface area (Å²) in [6.07, 6.45) is 6.01. The van der Waals surface area contributed by atoms with Gasteiger partial charge in [0.15, 0.2) is 22.9 Å². The number of carbonyl (C=O) groups excluding carboxylic acids is 3. The monoisotopic (exact) mass is 830 g/mol. The van der Waals surface area contributed by atoms with Crippen LogP contribution in [0.1, 0.15) is 54.7 Å². The number of aromatic amines is 2. The van der Waals surface area contributed by atoms with Crippen molar-refractivity contribution in [2.24, 2.45) is 0 Å². The second kappa shape index (κ2) is 17.5. The molecule has 3 aliphatic heterocycles. The number of ether oxygens (including phenoxy) is 3. The number of hydrogen-bond acceptors (Lipinski definition) is 16. The number of aromatic nitrogens is 8. The molecule has 0 saturated carbocycles. The smallest absolute Gasteiger partial charge is 0.300 e. The van der Waals surface area contributed by atoms with E-state index in [0.717, 1.165) is 35.0 Å². The molecule has 7 heterocycles. The number of imidazole rings is 2. The number of rotatable bonds is 7. The van der Waals surface area contributed by atoms with Crippen LogP contribution in [0.25, 0.3) is 22.3 Å². The van der Waals surface area contributed by atoms with Gasteiger partial charge < -0.3 is 61.6 Å². The van der Waals surface area contributed by atoms with E-state index in [0.29, 0.717) is 93.2 Å². The highest BCUT2D eigenvalue weighted by molar-refractivity contribution is 6.02. The van der Waals surface area contributed by atoms with Gasteiger partial charge in [0.1, 0.15) is 40.9 Å². The molecule has 3 aliphatic rings. The summed E-state index contributed by atoms with van der Waals surface area (Å²) in [4.78, 5) is 74.5. The molecule has 22 nitrogen and oxygen atoms in total. The van der Waals surface area contributed by atoms with E-state index in [2.05, 4.69) is 66.5 Å². The van der Waals surface area contributed by atoms with E-state index in [-0.39, 0.29) is 17.7 Å². The Labute approximate surface area is 345 Å². The number of aliphatic carboxylic acids is 1. The van der Waals surface area contributed by atoms with Gasteiger partial charge in [0.2, 0.25) is 0 Å². The lowest BCUT2D eigenvalue weighted by Gasteiger charge is -2.13. The minimum atomic E-state index is -0.833. The molecule has 3 amide bonds. The van der Waals surface area contributed by atoms with Gasteiger partial charge in [-0.1, -0.05) is 0 Å². The highest BCUT2D eigenvalue weighted by Crippen LogP contribution is 2.38. The van der Waals surface area contributed by atoms with Crippen LogP contribution in [0.15, 0.2) is 61.7 Å². The second-order valence-corrected chi connectivity index (χ2v) is 13.0. The minimum absolute atomic E-state index is 0.0618. The number of carbonyl (C=O) groups is 4. The van der Waals surface area contributed by atoms with E-state index in [1.54, 1.807) is 70.4 Å². The van der Waals surface area contributed by atoms with Crippen LogP contribution in [0, 0.1) is 0 Å². The Balaban J connectivity index is 0.000000136. The van der Waals surface area contributed by atoms with Crippen LogP contribution < -0.4 is 46.5 Å². The molecule has 0 atom stereocenters. The molecule has 0 fully saturated rings. The number of carboxylic acid groups (broad SMARTS) is 1. The largest absolute Gasteiger partial charge is 0.494 e. The zero-order chi connectivity index (χ0) is 43.2. The lowest BCUT2D eigenvalue weighted by atomic mass is 10.1. The number of nitrogens with two attached hydrogens (primary N) is 1. The van der Waals surface area contributed by atoms with Gasteiger partial charge in [-0.2, -0.15) is 0 Å². The second-order valence-electron chi connectivity index (χ2n) is 13.0. The van der Waals surface area contributed by atoms with Gasteiger partial charge in [0, 0.05) is 59.9 Å². The van der Waals surface area contributed by atoms with Crippen molar-refractivity contribution in [1.82, 2.24) is 55.8 Å². The maximum absolute atomic E-state index is 11.7. The Morgan fingerprint density at radius 3 is 1.38 bits per heavy atom. The summed E-state index contributed by atoms with van der Waals surface area (Å²) in [7, 11) is 4.71. The predicted octanol–water partition coefficient (Wildman–Crippen LogP) is 3.31. The van der Waals surface area contributed by atoms with Crippen LogP contribution in [0.3, 0.4) is 0 Å². The van der Waals surface area contributed by atoms with Crippen LogP contribution in [0.4, 0.5) is 28.7 Å². The van der Waals surface area contributed by atoms with E-state index >= 15 is 0 Å². The lowest BCUT2D eigenvalue weighted by molar-refractivity contribution is -0.134.